The first-order valence-electron chi connectivity index (χ1n) is 4.15. The van der Waals surface area contributed by atoms with Crippen LogP contribution in [0.2, 0.25) is 0 Å². The predicted octanol–water partition coefficient (Wildman–Crippen LogP) is 0.629. The number of fused-ring (bicyclic) bond motifs is 1. The third kappa shape index (κ3) is 0.956. The summed E-state index contributed by atoms with van der Waals surface area (Å²) >= 11 is 0. The number of hydrogen-bond donors (Lipinski definition) is 1. The number of ether oxygens (including phenoxy) is 1. The molecule has 1 aliphatic heterocycles. The maximum absolute atomic E-state index is 5.69. The third-order valence-corrected chi connectivity index (χ3v) is 2.44. The molecule has 2 nitrogen and oxygen atoms in total. The maximum Gasteiger partial charge on any atom is 0.0667 e. The molecule has 1 aliphatic carbocycles. The van der Waals surface area contributed by atoms with Crippen molar-refractivity contribution < 1.29 is 4.74 Å². The van der Waals surface area contributed by atoms with E-state index in [-0.39, 0.29) is 0 Å². The predicted molar refractivity (Wildman–Crippen MR) is 39.9 cm³/mol. The van der Waals surface area contributed by atoms with Crippen LogP contribution in [0.4, 0.5) is 0 Å². The molecular weight excluding hydrogens is 126 g/mol. The normalized spacial score (nSPS) is 44.1. The van der Waals surface area contributed by atoms with Gasteiger partial charge in [-0.1, -0.05) is 0 Å². The van der Waals surface area contributed by atoms with Crippen LogP contribution in [-0.2, 0) is 4.74 Å². The fourth-order valence-electron chi connectivity index (χ4n) is 1.88. The second kappa shape index (κ2) is 2.21. The van der Waals surface area contributed by atoms with E-state index in [0.717, 1.165) is 11.8 Å². The van der Waals surface area contributed by atoms with E-state index in [1.807, 2.05) is 0 Å². The molecule has 2 atom stereocenters. The first-order chi connectivity index (χ1) is 4.79. The fourth-order valence-corrected chi connectivity index (χ4v) is 1.88. The highest BCUT2D eigenvalue weighted by atomic mass is 16.5. The smallest absolute Gasteiger partial charge is 0.0667 e. The topological polar surface area (TPSA) is 21.3 Å². The standard InChI is InChI=1S/C8H15NO/c1-5(2)10-8-6-3-9-4-7(6)8/h5-9H,3-4H2,1-2H3. The molecule has 0 amide bonds. The van der Waals surface area contributed by atoms with E-state index in [4.69, 9.17) is 4.74 Å². The van der Waals surface area contributed by atoms with Crippen LogP contribution >= 0.6 is 0 Å². The minimum Gasteiger partial charge on any atom is -0.375 e. The molecule has 0 bridgehead atoms. The Morgan fingerprint density at radius 3 is 2.40 bits per heavy atom. The van der Waals surface area contributed by atoms with Gasteiger partial charge in [-0.05, 0) is 13.8 Å². The van der Waals surface area contributed by atoms with Gasteiger partial charge in [0.1, 0.15) is 0 Å². The molecule has 2 fully saturated rings. The van der Waals surface area contributed by atoms with Gasteiger partial charge in [-0.2, -0.15) is 0 Å². The van der Waals surface area contributed by atoms with Crippen molar-refractivity contribution in [1.82, 2.24) is 5.32 Å². The largest absolute Gasteiger partial charge is 0.375 e. The molecular formula is C8H15NO. The summed E-state index contributed by atoms with van der Waals surface area (Å²) in [5.41, 5.74) is 0. The maximum atomic E-state index is 5.69. The van der Waals surface area contributed by atoms with E-state index >= 15 is 0 Å². The summed E-state index contributed by atoms with van der Waals surface area (Å²) in [7, 11) is 0. The van der Waals surface area contributed by atoms with Crippen LogP contribution in [0.15, 0.2) is 0 Å². The molecule has 1 N–H and O–H groups in total. The molecule has 1 heterocycles. The molecule has 2 heteroatoms. The van der Waals surface area contributed by atoms with E-state index in [2.05, 4.69) is 19.2 Å². The Kier molecular flexibility index (Phi) is 1.46. The minimum atomic E-state index is 0.413. The average Bonchev–Trinajstić information content (AvgIpc) is 2.40. The quantitative estimate of drug-likeness (QED) is 0.609. The number of piperidine rings is 1. The van der Waals surface area contributed by atoms with Gasteiger partial charge in [0.2, 0.25) is 0 Å². The highest BCUT2D eigenvalue weighted by molar-refractivity contribution is 5.05. The highest BCUT2D eigenvalue weighted by Crippen LogP contribution is 2.44. The van der Waals surface area contributed by atoms with Gasteiger partial charge in [0.05, 0.1) is 12.2 Å². The summed E-state index contributed by atoms with van der Waals surface area (Å²) in [5.74, 6) is 1.70. The fraction of sp³-hybridized carbons (Fsp3) is 1.00. The van der Waals surface area contributed by atoms with Crippen molar-refractivity contribution in [2.75, 3.05) is 13.1 Å². The van der Waals surface area contributed by atoms with Crippen molar-refractivity contribution in [2.45, 2.75) is 26.1 Å². The summed E-state index contributed by atoms with van der Waals surface area (Å²) in [5, 5.41) is 3.34. The van der Waals surface area contributed by atoms with Gasteiger partial charge in [0.25, 0.3) is 0 Å². The van der Waals surface area contributed by atoms with Crippen LogP contribution in [0, 0.1) is 11.8 Å². The summed E-state index contributed by atoms with van der Waals surface area (Å²) in [6.07, 6.45) is 1.01. The van der Waals surface area contributed by atoms with Gasteiger partial charge in [-0.15, -0.1) is 0 Å². The SMILES string of the molecule is CC(C)OC1C2CNCC21. The van der Waals surface area contributed by atoms with E-state index in [1.165, 1.54) is 13.1 Å². The molecule has 0 spiro atoms. The average molecular weight is 141 g/mol. The molecule has 1 saturated carbocycles. The Hall–Kier alpha value is -0.0800. The molecule has 0 aromatic heterocycles. The first-order valence-corrected chi connectivity index (χ1v) is 4.15. The summed E-state index contributed by atoms with van der Waals surface area (Å²) in [6.45, 7) is 6.59. The molecule has 2 aliphatic rings. The zero-order valence-corrected chi connectivity index (χ0v) is 6.63. The highest BCUT2D eigenvalue weighted by Gasteiger charge is 2.54. The Balaban J connectivity index is 1.79. The number of hydrogen-bond acceptors (Lipinski definition) is 2. The van der Waals surface area contributed by atoms with Crippen molar-refractivity contribution in [3.63, 3.8) is 0 Å². The Morgan fingerprint density at radius 1 is 1.30 bits per heavy atom. The van der Waals surface area contributed by atoms with Crippen molar-refractivity contribution in [3.05, 3.63) is 0 Å². The van der Waals surface area contributed by atoms with Crippen LogP contribution in [-0.4, -0.2) is 25.3 Å². The van der Waals surface area contributed by atoms with Gasteiger partial charge < -0.3 is 10.1 Å². The first kappa shape index (κ1) is 6.62. The van der Waals surface area contributed by atoms with Gasteiger partial charge >= 0.3 is 0 Å². The zero-order chi connectivity index (χ0) is 7.14. The molecule has 58 valence electrons. The monoisotopic (exact) mass is 141 g/mol. The number of rotatable bonds is 2. The van der Waals surface area contributed by atoms with Crippen LogP contribution < -0.4 is 5.32 Å². The molecule has 1 saturated heterocycles. The van der Waals surface area contributed by atoms with Crippen LogP contribution in [0.3, 0.4) is 0 Å². The second-order valence-corrected chi connectivity index (χ2v) is 3.64. The Morgan fingerprint density at radius 2 is 1.90 bits per heavy atom. The number of nitrogens with one attached hydrogen (secondary N) is 1. The van der Waals surface area contributed by atoms with E-state index in [0.29, 0.717) is 12.2 Å². The van der Waals surface area contributed by atoms with Crippen LogP contribution in [0.5, 0.6) is 0 Å². The van der Waals surface area contributed by atoms with Gasteiger partial charge in [-0.25, -0.2) is 0 Å². The summed E-state index contributed by atoms with van der Waals surface area (Å²) in [4.78, 5) is 0. The Bertz CT molecular complexity index is 125. The summed E-state index contributed by atoms with van der Waals surface area (Å²) < 4.78 is 5.69. The molecule has 0 aromatic rings. The third-order valence-electron chi connectivity index (χ3n) is 2.44. The van der Waals surface area contributed by atoms with E-state index in [1.54, 1.807) is 0 Å². The van der Waals surface area contributed by atoms with Crippen molar-refractivity contribution >= 4 is 0 Å². The van der Waals surface area contributed by atoms with Crippen molar-refractivity contribution in [3.8, 4) is 0 Å². The lowest BCUT2D eigenvalue weighted by Gasteiger charge is -2.09. The molecule has 0 aromatic carbocycles. The zero-order valence-electron chi connectivity index (χ0n) is 6.63. The minimum absolute atomic E-state index is 0.413. The molecule has 10 heavy (non-hydrogen) atoms. The summed E-state index contributed by atoms with van der Waals surface area (Å²) in [6, 6.07) is 0. The van der Waals surface area contributed by atoms with Gasteiger partial charge in [0.15, 0.2) is 0 Å². The lowest BCUT2D eigenvalue weighted by molar-refractivity contribution is 0.0461. The lowest BCUT2D eigenvalue weighted by atomic mass is 10.4. The molecule has 2 unspecified atom stereocenters. The van der Waals surface area contributed by atoms with Crippen molar-refractivity contribution in [2.24, 2.45) is 11.8 Å². The van der Waals surface area contributed by atoms with Crippen molar-refractivity contribution in [1.29, 1.82) is 0 Å². The second-order valence-electron chi connectivity index (χ2n) is 3.64. The van der Waals surface area contributed by atoms with Gasteiger partial charge in [0, 0.05) is 24.9 Å². The van der Waals surface area contributed by atoms with E-state index < -0.39 is 0 Å². The lowest BCUT2D eigenvalue weighted by Crippen LogP contribution is -2.20. The Labute approximate surface area is 61.9 Å². The molecule has 0 radical (unpaired) electrons. The van der Waals surface area contributed by atoms with E-state index in [9.17, 15) is 0 Å². The molecule has 2 rings (SSSR count). The van der Waals surface area contributed by atoms with Crippen LogP contribution in [0.1, 0.15) is 13.8 Å². The van der Waals surface area contributed by atoms with Gasteiger partial charge in [-0.3, -0.25) is 0 Å². The van der Waals surface area contributed by atoms with Crippen LogP contribution in [0.25, 0.3) is 0 Å².